The second-order valence-corrected chi connectivity index (χ2v) is 7.52. The minimum absolute atomic E-state index is 0.330. The molecule has 0 fully saturated rings. The Hall–Kier alpha value is -3.50. The van der Waals surface area contributed by atoms with Crippen molar-refractivity contribution in [3.8, 4) is 28.7 Å². The van der Waals surface area contributed by atoms with Crippen LogP contribution in [-0.4, -0.2) is 44.5 Å². The third kappa shape index (κ3) is 4.21. The summed E-state index contributed by atoms with van der Waals surface area (Å²) in [4.78, 5) is 16.8. The van der Waals surface area contributed by atoms with Gasteiger partial charge in [-0.25, -0.2) is 4.68 Å². The predicted octanol–water partition coefficient (Wildman–Crippen LogP) is 4.02. The van der Waals surface area contributed by atoms with E-state index in [0.717, 1.165) is 22.9 Å². The lowest BCUT2D eigenvalue weighted by molar-refractivity contribution is 0.102. The van der Waals surface area contributed by atoms with Gasteiger partial charge in [0, 0.05) is 29.7 Å². The number of aromatic nitrogens is 5. The molecule has 11 heteroatoms. The Morgan fingerprint density at radius 2 is 1.84 bits per heavy atom. The van der Waals surface area contributed by atoms with Crippen LogP contribution in [0.3, 0.4) is 0 Å². The molecule has 0 aliphatic heterocycles. The number of amides is 1. The maximum atomic E-state index is 12.4. The van der Waals surface area contributed by atoms with E-state index in [0.29, 0.717) is 38.7 Å². The van der Waals surface area contributed by atoms with Crippen molar-refractivity contribution in [2.24, 2.45) is 0 Å². The maximum absolute atomic E-state index is 12.4. The highest BCUT2D eigenvalue weighted by atomic mass is 35.5. The molecule has 2 heterocycles. The lowest BCUT2D eigenvalue weighted by Crippen LogP contribution is -2.12. The van der Waals surface area contributed by atoms with Gasteiger partial charge in [0.2, 0.25) is 5.13 Å². The van der Waals surface area contributed by atoms with E-state index in [-0.39, 0.29) is 5.91 Å². The third-order valence-corrected chi connectivity index (χ3v) is 5.41. The van der Waals surface area contributed by atoms with E-state index in [4.69, 9.17) is 21.1 Å². The molecular weight excluding hydrogens is 440 g/mol. The van der Waals surface area contributed by atoms with Crippen molar-refractivity contribution in [3.63, 3.8) is 0 Å². The quantitative estimate of drug-likeness (QED) is 0.467. The number of ether oxygens (including phenoxy) is 2. The van der Waals surface area contributed by atoms with Gasteiger partial charge in [-0.05, 0) is 19.1 Å². The highest BCUT2D eigenvalue weighted by Crippen LogP contribution is 2.28. The lowest BCUT2D eigenvalue weighted by atomic mass is 10.2. The van der Waals surface area contributed by atoms with E-state index in [2.05, 4.69) is 25.0 Å². The second kappa shape index (κ2) is 8.70. The van der Waals surface area contributed by atoms with Crippen molar-refractivity contribution in [2.45, 2.75) is 6.92 Å². The van der Waals surface area contributed by atoms with Crippen molar-refractivity contribution in [1.29, 1.82) is 0 Å². The molecule has 1 amide bonds. The fraction of sp³-hybridized carbons (Fsp3) is 0.150. The van der Waals surface area contributed by atoms with Gasteiger partial charge in [0.25, 0.3) is 5.91 Å². The number of rotatable bonds is 6. The van der Waals surface area contributed by atoms with Gasteiger partial charge >= 0.3 is 0 Å². The van der Waals surface area contributed by atoms with Crippen LogP contribution >= 0.6 is 23.1 Å². The average Bonchev–Trinajstić information content (AvgIpc) is 3.39. The monoisotopic (exact) mass is 456 g/mol. The number of carbonyl (C=O) groups excluding carboxylic acids is 1. The number of anilines is 1. The predicted molar refractivity (Wildman–Crippen MR) is 118 cm³/mol. The maximum Gasteiger partial charge on any atom is 0.258 e. The van der Waals surface area contributed by atoms with Crippen molar-refractivity contribution in [3.05, 3.63) is 58.7 Å². The van der Waals surface area contributed by atoms with Crippen molar-refractivity contribution in [2.75, 3.05) is 19.5 Å². The molecule has 0 aliphatic rings. The number of hydrogen-bond acceptors (Lipinski definition) is 8. The zero-order valence-electron chi connectivity index (χ0n) is 16.8. The SMILES string of the molecule is COc1cc(OC)cc(-n2nnc(-c3nsc(NC(=O)c4ccccc4Cl)n3)c2C)c1. The van der Waals surface area contributed by atoms with Gasteiger partial charge in [-0.15, -0.1) is 5.10 Å². The molecule has 0 unspecified atom stereocenters. The summed E-state index contributed by atoms with van der Waals surface area (Å²) in [5, 5.41) is 11.8. The molecule has 0 atom stereocenters. The molecule has 0 aliphatic carbocycles. The van der Waals surface area contributed by atoms with E-state index in [1.165, 1.54) is 0 Å². The van der Waals surface area contributed by atoms with Gasteiger partial charge in [0.05, 0.1) is 36.2 Å². The summed E-state index contributed by atoms with van der Waals surface area (Å²) in [6, 6.07) is 12.2. The molecule has 31 heavy (non-hydrogen) atoms. The second-order valence-electron chi connectivity index (χ2n) is 6.36. The summed E-state index contributed by atoms with van der Waals surface area (Å²) in [5.74, 6) is 1.25. The standard InChI is InChI=1S/C20H17ClN6O3S/c1-11-17(24-26-27(11)12-8-13(29-2)10-14(9-12)30-3)18-22-20(31-25-18)23-19(28)15-6-4-5-7-16(15)21/h4-10H,1-3H3,(H,22,23,25,28). The Bertz CT molecular complexity index is 1230. The number of nitrogens with zero attached hydrogens (tertiary/aromatic N) is 5. The number of nitrogens with one attached hydrogen (secondary N) is 1. The van der Waals surface area contributed by atoms with E-state index in [1.807, 2.05) is 19.1 Å². The Balaban J connectivity index is 1.60. The number of hydrogen-bond donors (Lipinski definition) is 1. The van der Waals surface area contributed by atoms with Crippen molar-refractivity contribution in [1.82, 2.24) is 24.4 Å². The van der Waals surface area contributed by atoms with Gasteiger partial charge in [0.1, 0.15) is 11.5 Å². The molecule has 0 saturated carbocycles. The fourth-order valence-electron chi connectivity index (χ4n) is 2.88. The van der Waals surface area contributed by atoms with Crippen LogP contribution in [0.25, 0.3) is 17.2 Å². The summed E-state index contributed by atoms with van der Waals surface area (Å²) < 4.78 is 16.6. The zero-order valence-corrected chi connectivity index (χ0v) is 18.4. The summed E-state index contributed by atoms with van der Waals surface area (Å²) in [5.41, 5.74) is 2.29. The van der Waals surface area contributed by atoms with Gasteiger partial charge in [0.15, 0.2) is 11.5 Å². The first-order chi connectivity index (χ1) is 15.0. The van der Waals surface area contributed by atoms with Crippen LogP contribution in [0.5, 0.6) is 11.5 Å². The molecule has 0 bridgehead atoms. The van der Waals surface area contributed by atoms with Crippen molar-refractivity contribution >= 4 is 34.2 Å². The van der Waals surface area contributed by atoms with Crippen LogP contribution in [0.2, 0.25) is 5.02 Å². The average molecular weight is 457 g/mol. The summed E-state index contributed by atoms with van der Waals surface area (Å²) in [6.45, 7) is 1.85. The van der Waals surface area contributed by atoms with Crippen LogP contribution in [0.4, 0.5) is 5.13 Å². The molecule has 4 aromatic rings. The number of benzene rings is 2. The summed E-state index contributed by atoms with van der Waals surface area (Å²) >= 11 is 7.13. The molecule has 2 aromatic heterocycles. The number of carbonyl (C=O) groups is 1. The molecule has 158 valence electrons. The largest absolute Gasteiger partial charge is 0.497 e. The van der Waals surface area contributed by atoms with Crippen LogP contribution in [0.15, 0.2) is 42.5 Å². The van der Waals surface area contributed by atoms with Crippen LogP contribution in [0.1, 0.15) is 16.1 Å². The van der Waals surface area contributed by atoms with Gasteiger partial charge < -0.3 is 9.47 Å². The smallest absolute Gasteiger partial charge is 0.258 e. The minimum Gasteiger partial charge on any atom is -0.497 e. The molecule has 1 N–H and O–H groups in total. The normalized spacial score (nSPS) is 10.7. The van der Waals surface area contributed by atoms with Gasteiger partial charge in [-0.3, -0.25) is 10.1 Å². The molecule has 2 aromatic carbocycles. The first-order valence-electron chi connectivity index (χ1n) is 9.06. The summed E-state index contributed by atoms with van der Waals surface area (Å²) in [7, 11) is 3.16. The van der Waals surface area contributed by atoms with Crippen LogP contribution in [-0.2, 0) is 0 Å². The molecule has 4 rings (SSSR count). The Morgan fingerprint density at radius 3 is 2.52 bits per heavy atom. The van der Waals surface area contributed by atoms with E-state index in [1.54, 1.807) is 49.2 Å². The Labute approximate surface area is 186 Å². The fourth-order valence-corrected chi connectivity index (χ4v) is 3.66. The molecule has 9 nitrogen and oxygen atoms in total. The van der Waals surface area contributed by atoms with E-state index in [9.17, 15) is 4.79 Å². The molecule has 0 radical (unpaired) electrons. The van der Waals surface area contributed by atoms with E-state index < -0.39 is 0 Å². The molecular formula is C20H17ClN6O3S. The van der Waals surface area contributed by atoms with Crippen LogP contribution < -0.4 is 14.8 Å². The number of halogens is 1. The van der Waals surface area contributed by atoms with Gasteiger partial charge in [-0.2, -0.15) is 9.36 Å². The molecule has 0 spiro atoms. The summed E-state index contributed by atoms with van der Waals surface area (Å²) in [6.07, 6.45) is 0. The van der Waals surface area contributed by atoms with Crippen LogP contribution in [0, 0.1) is 6.92 Å². The number of methoxy groups -OCH3 is 2. The molecule has 0 saturated heterocycles. The van der Waals surface area contributed by atoms with Gasteiger partial charge in [-0.1, -0.05) is 28.9 Å². The Morgan fingerprint density at radius 1 is 1.13 bits per heavy atom. The minimum atomic E-state index is -0.364. The highest BCUT2D eigenvalue weighted by Gasteiger charge is 2.19. The highest BCUT2D eigenvalue weighted by molar-refractivity contribution is 7.10. The topological polar surface area (TPSA) is 104 Å². The third-order valence-electron chi connectivity index (χ3n) is 4.45. The van der Waals surface area contributed by atoms with E-state index >= 15 is 0 Å². The zero-order chi connectivity index (χ0) is 22.0. The van der Waals surface area contributed by atoms with Crippen molar-refractivity contribution < 1.29 is 14.3 Å². The Kier molecular flexibility index (Phi) is 5.83. The first-order valence-corrected chi connectivity index (χ1v) is 10.2. The lowest BCUT2D eigenvalue weighted by Gasteiger charge is -2.09. The first kappa shape index (κ1) is 20.8.